The van der Waals surface area contributed by atoms with Crippen molar-refractivity contribution in [3.63, 3.8) is 0 Å². The normalized spacial score (nSPS) is 27.0. The topological polar surface area (TPSA) is 29.3 Å². The minimum atomic E-state index is 0.217. The van der Waals surface area contributed by atoms with E-state index in [4.69, 9.17) is 5.73 Å². The highest BCUT2D eigenvalue weighted by Crippen LogP contribution is 2.42. The summed E-state index contributed by atoms with van der Waals surface area (Å²) >= 11 is 0. The van der Waals surface area contributed by atoms with Crippen LogP contribution in [0.2, 0.25) is 0 Å². The zero-order valence-electron chi connectivity index (χ0n) is 8.97. The quantitative estimate of drug-likeness (QED) is 0.715. The van der Waals surface area contributed by atoms with E-state index in [0.717, 1.165) is 0 Å². The smallest absolute Gasteiger partial charge is 0.0161 e. The van der Waals surface area contributed by atoms with E-state index in [0.29, 0.717) is 5.41 Å². The van der Waals surface area contributed by atoms with Crippen molar-refractivity contribution in [2.45, 2.75) is 45.1 Å². The summed E-state index contributed by atoms with van der Waals surface area (Å²) in [6.07, 6.45) is 5.09. The van der Waals surface area contributed by atoms with Gasteiger partial charge in [0.1, 0.15) is 0 Å². The first-order valence-corrected chi connectivity index (χ1v) is 5.51. The first kappa shape index (κ1) is 9.47. The highest BCUT2D eigenvalue weighted by Gasteiger charge is 2.43. The number of likely N-dealkylation sites (tertiary alicyclic amines) is 1. The van der Waals surface area contributed by atoms with Crippen molar-refractivity contribution in [2.75, 3.05) is 19.6 Å². The highest BCUT2D eigenvalue weighted by atomic mass is 15.2. The Morgan fingerprint density at radius 1 is 1.31 bits per heavy atom. The van der Waals surface area contributed by atoms with E-state index in [2.05, 4.69) is 18.7 Å². The van der Waals surface area contributed by atoms with Gasteiger partial charge < -0.3 is 10.6 Å². The van der Waals surface area contributed by atoms with Gasteiger partial charge >= 0.3 is 0 Å². The van der Waals surface area contributed by atoms with Gasteiger partial charge in [-0.2, -0.15) is 0 Å². The first-order chi connectivity index (χ1) is 5.99. The van der Waals surface area contributed by atoms with E-state index in [1.54, 1.807) is 0 Å². The third kappa shape index (κ3) is 2.44. The molecular weight excluding hydrogens is 160 g/mol. The van der Waals surface area contributed by atoms with Gasteiger partial charge in [0.15, 0.2) is 0 Å². The lowest BCUT2D eigenvalue weighted by Gasteiger charge is -2.39. The lowest BCUT2D eigenvalue weighted by molar-refractivity contribution is 0.104. The van der Waals surface area contributed by atoms with Crippen molar-refractivity contribution in [2.24, 2.45) is 11.1 Å². The fourth-order valence-corrected chi connectivity index (χ4v) is 2.49. The summed E-state index contributed by atoms with van der Waals surface area (Å²) in [5.41, 5.74) is 6.79. The van der Waals surface area contributed by atoms with E-state index in [9.17, 15) is 0 Å². The zero-order chi connectivity index (χ0) is 9.53. The molecule has 1 aliphatic heterocycles. The van der Waals surface area contributed by atoms with Crippen LogP contribution in [0.25, 0.3) is 0 Å². The van der Waals surface area contributed by atoms with Crippen molar-refractivity contribution in [3.8, 4) is 0 Å². The second-order valence-corrected chi connectivity index (χ2v) is 5.83. The highest BCUT2D eigenvalue weighted by molar-refractivity contribution is 5.02. The third-order valence-electron chi connectivity index (χ3n) is 3.32. The lowest BCUT2D eigenvalue weighted by atomic mass is 9.83. The van der Waals surface area contributed by atoms with Gasteiger partial charge in [-0.05, 0) is 44.2 Å². The molecule has 0 radical (unpaired) electrons. The van der Waals surface area contributed by atoms with E-state index in [1.165, 1.54) is 45.3 Å². The number of nitrogens with zero attached hydrogens (tertiary/aromatic N) is 1. The van der Waals surface area contributed by atoms with E-state index in [1.807, 2.05) is 0 Å². The molecule has 2 rings (SSSR count). The SMILES string of the molecule is CC(C)(CN1CCC1)CC1(N)CC1. The monoisotopic (exact) mass is 182 g/mol. The average Bonchev–Trinajstić information content (AvgIpc) is 2.58. The van der Waals surface area contributed by atoms with Crippen LogP contribution in [0, 0.1) is 5.41 Å². The molecular formula is C11H22N2. The van der Waals surface area contributed by atoms with Gasteiger partial charge in [-0.25, -0.2) is 0 Å². The Bertz CT molecular complexity index is 190. The molecule has 2 nitrogen and oxygen atoms in total. The molecule has 0 spiro atoms. The fourth-order valence-electron chi connectivity index (χ4n) is 2.49. The summed E-state index contributed by atoms with van der Waals surface area (Å²) in [4.78, 5) is 2.55. The Morgan fingerprint density at radius 3 is 2.31 bits per heavy atom. The molecule has 2 aliphatic rings. The number of hydrogen-bond donors (Lipinski definition) is 1. The van der Waals surface area contributed by atoms with Gasteiger partial charge in [-0.3, -0.25) is 0 Å². The molecule has 1 saturated carbocycles. The Morgan fingerprint density at radius 2 is 1.92 bits per heavy atom. The van der Waals surface area contributed by atoms with E-state index < -0.39 is 0 Å². The molecule has 0 aromatic rings. The van der Waals surface area contributed by atoms with Crippen LogP contribution < -0.4 is 5.73 Å². The minimum Gasteiger partial charge on any atom is -0.325 e. The van der Waals surface area contributed by atoms with Gasteiger partial charge in [-0.15, -0.1) is 0 Å². The summed E-state index contributed by atoms with van der Waals surface area (Å²) < 4.78 is 0. The molecule has 0 unspecified atom stereocenters. The maximum atomic E-state index is 6.15. The summed E-state index contributed by atoms with van der Waals surface area (Å²) in [7, 11) is 0. The van der Waals surface area contributed by atoms with Crippen molar-refractivity contribution in [1.82, 2.24) is 4.90 Å². The molecule has 0 amide bonds. The summed E-state index contributed by atoms with van der Waals surface area (Å²) in [5, 5.41) is 0. The van der Waals surface area contributed by atoms with Crippen LogP contribution in [0.5, 0.6) is 0 Å². The van der Waals surface area contributed by atoms with Gasteiger partial charge in [0.05, 0.1) is 0 Å². The number of hydrogen-bond acceptors (Lipinski definition) is 2. The van der Waals surface area contributed by atoms with Crippen LogP contribution in [0.3, 0.4) is 0 Å². The second-order valence-electron chi connectivity index (χ2n) is 5.83. The largest absolute Gasteiger partial charge is 0.325 e. The molecule has 76 valence electrons. The summed E-state index contributed by atoms with van der Waals surface area (Å²) in [5.74, 6) is 0. The lowest BCUT2D eigenvalue weighted by Crippen LogP contribution is -2.45. The first-order valence-electron chi connectivity index (χ1n) is 5.51. The van der Waals surface area contributed by atoms with Crippen molar-refractivity contribution in [3.05, 3.63) is 0 Å². The molecule has 0 bridgehead atoms. The summed E-state index contributed by atoms with van der Waals surface area (Å²) in [6, 6.07) is 0. The Hall–Kier alpha value is -0.0800. The van der Waals surface area contributed by atoms with Gasteiger partial charge in [-0.1, -0.05) is 13.8 Å². The molecule has 2 heteroatoms. The maximum absolute atomic E-state index is 6.15. The molecule has 1 aliphatic carbocycles. The molecule has 13 heavy (non-hydrogen) atoms. The second kappa shape index (κ2) is 2.96. The molecule has 1 saturated heterocycles. The van der Waals surface area contributed by atoms with Gasteiger partial charge in [0, 0.05) is 12.1 Å². The maximum Gasteiger partial charge on any atom is 0.0161 e. The summed E-state index contributed by atoms with van der Waals surface area (Å²) in [6.45, 7) is 8.57. The van der Waals surface area contributed by atoms with Crippen molar-refractivity contribution < 1.29 is 0 Å². The number of rotatable bonds is 4. The van der Waals surface area contributed by atoms with Gasteiger partial charge in [0.2, 0.25) is 0 Å². The Kier molecular flexibility index (Phi) is 2.16. The Balaban J connectivity index is 1.79. The van der Waals surface area contributed by atoms with Crippen LogP contribution >= 0.6 is 0 Å². The molecule has 1 heterocycles. The van der Waals surface area contributed by atoms with E-state index >= 15 is 0 Å². The predicted octanol–water partition coefficient (Wildman–Crippen LogP) is 1.60. The van der Waals surface area contributed by atoms with Crippen LogP contribution in [-0.4, -0.2) is 30.1 Å². The molecule has 2 N–H and O–H groups in total. The van der Waals surface area contributed by atoms with E-state index in [-0.39, 0.29) is 5.54 Å². The predicted molar refractivity (Wildman–Crippen MR) is 55.6 cm³/mol. The fraction of sp³-hybridized carbons (Fsp3) is 1.00. The zero-order valence-corrected chi connectivity index (χ0v) is 8.97. The molecule has 0 aromatic heterocycles. The Labute approximate surface area is 81.5 Å². The molecule has 2 fully saturated rings. The van der Waals surface area contributed by atoms with Gasteiger partial charge in [0.25, 0.3) is 0 Å². The standard InChI is InChI=1S/C11H22N2/c1-10(2,8-11(12)4-5-11)9-13-6-3-7-13/h3-9,12H2,1-2H3. The molecule has 0 aromatic carbocycles. The average molecular weight is 182 g/mol. The molecule has 0 atom stereocenters. The third-order valence-corrected chi connectivity index (χ3v) is 3.32. The van der Waals surface area contributed by atoms with Crippen molar-refractivity contribution >= 4 is 0 Å². The van der Waals surface area contributed by atoms with Crippen molar-refractivity contribution in [1.29, 1.82) is 0 Å². The van der Waals surface area contributed by atoms with Crippen LogP contribution in [0.15, 0.2) is 0 Å². The minimum absolute atomic E-state index is 0.217. The van der Waals surface area contributed by atoms with Crippen LogP contribution in [0.1, 0.15) is 39.5 Å². The number of nitrogens with two attached hydrogens (primary N) is 1. The van der Waals surface area contributed by atoms with Crippen LogP contribution in [-0.2, 0) is 0 Å². The van der Waals surface area contributed by atoms with Crippen LogP contribution in [0.4, 0.5) is 0 Å².